The van der Waals surface area contributed by atoms with Crippen LogP contribution < -0.4 is 10.0 Å². The molecule has 2 heterocycles. The lowest BCUT2D eigenvalue weighted by Gasteiger charge is -2.16. The maximum absolute atomic E-state index is 13.0. The van der Waals surface area contributed by atoms with E-state index in [0.29, 0.717) is 30.9 Å². The maximum Gasteiger partial charge on any atom is 0.449 e. The summed E-state index contributed by atoms with van der Waals surface area (Å²) < 4.78 is 64.0. The van der Waals surface area contributed by atoms with Crippen LogP contribution in [-0.4, -0.2) is 37.3 Å². The number of sulfonamides is 1. The van der Waals surface area contributed by atoms with Crippen LogP contribution in [0.1, 0.15) is 17.2 Å². The first-order chi connectivity index (χ1) is 9.18. The van der Waals surface area contributed by atoms with E-state index in [-0.39, 0.29) is 13.1 Å². The highest BCUT2D eigenvalue weighted by Gasteiger charge is 2.39. The third-order valence-electron chi connectivity index (χ3n) is 2.94. The Morgan fingerprint density at radius 3 is 2.75 bits per heavy atom. The number of hydrogen-bond donors (Lipinski definition) is 2. The van der Waals surface area contributed by atoms with Crippen LogP contribution in [0.4, 0.5) is 13.2 Å². The lowest BCUT2D eigenvalue weighted by molar-refractivity contribution is -0.147. The summed E-state index contributed by atoms with van der Waals surface area (Å²) in [6.45, 7) is 0.683. The van der Waals surface area contributed by atoms with E-state index in [2.05, 4.69) is 15.0 Å². The molecule has 0 aromatic carbocycles. The molecule has 2 rings (SSSR count). The van der Waals surface area contributed by atoms with Crippen molar-refractivity contribution < 1.29 is 21.6 Å². The number of nitrogens with one attached hydrogen (secondary N) is 2. The van der Waals surface area contributed by atoms with Gasteiger partial charge in [-0.1, -0.05) is 0 Å². The second-order valence-corrected chi connectivity index (χ2v) is 6.40. The third-order valence-corrected chi connectivity index (χ3v) is 3.67. The standard InChI is InChI=1S/C10H15F3N4O2S/c1-20(18,19)15-4-5-17-8-2-3-14-6-7(8)16-9(17)10(11,12)13/h14-15H,2-6H2,1H3. The van der Waals surface area contributed by atoms with Crippen molar-refractivity contribution in [3.8, 4) is 0 Å². The van der Waals surface area contributed by atoms with Crippen molar-refractivity contribution in [2.24, 2.45) is 0 Å². The van der Waals surface area contributed by atoms with Crippen molar-refractivity contribution >= 4 is 10.0 Å². The fourth-order valence-corrected chi connectivity index (χ4v) is 2.63. The second-order valence-electron chi connectivity index (χ2n) is 4.57. The Hall–Kier alpha value is -1.13. The van der Waals surface area contributed by atoms with Crippen LogP contribution in [0.5, 0.6) is 0 Å². The average Bonchev–Trinajstić information content (AvgIpc) is 2.67. The first-order valence-electron chi connectivity index (χ1n) is 5.99. The molecule has 10 heteroatoms. The molecule has 0 saturated carbocycles. The highest BCUT2D eigenvalue weighted by molar-refractivity contribution is 7.88. The fraction of sp³-hybridized carbons (Fsp3) is 0.700. The van der Waals surface area contributed by atoms with Crippen LogP contribution in [0.25, 0.3) is 0 Å². The molecule has 0 fully saturated rings. The monoisotopic (exact) mass is 312 g/mol. The first kappa shape index (κ1) is 15.3. The van der Waals surface area contributed by atoms with E-state index in [0.717, 1.165) is 10.8 Å². The van der Waals surface area contributed by atoms with E-state index in [4.69, 9.17) is 0 Å². The van der Waals surface area contributed by atoms with Crippen LogP contribution in [0.2, 0.25) is 0 Å². The van der Waals surface area contributed by atoms with Crippen molar-refractivity contribution in [3.05, 3.63) is 17.2 Å². The SMILES string of the molecule is CS(=O)(=O)NCCn1c(C(F)(F)F)nc2c1CCNC2. The second kappa shape index (κ2) is 5.34. The van der Waals surface area contributed by atoms with E-state index in [1.165, 1.54) is 0 Å². The summed E-state index contributed by atoms with van der Waals surface area (Å²) in [5, 5.41) is 2.96. The van der Waals surface area contributed by atoms with Gasteiger partial charge in [-0.25, -0.2) is 18.1 Å². The van der Waals surface area contributed by atoms with Crippen molar-refractivity contribution in [1.82, 2.24) is 19.6 Å². The van der Waals surface area contributed by atoms with Gasteiger partial charge in [0.1, 0.15) is 0 Å². The molecule has 1 aromatic rings. The molecule has 0 atom stereocenters. The molecule has 2 N–H and O–H groups in total. The lowest BCUT2D eigenvalue weighted by atomic mass is 10.2. The molecule has 0 bridgehead atoms. The molecule has 1 aliphatic rings. The molecule has 0 amide bonds. The summed E-state index contributed by atoms with van der Waals surface area (Å²) in [4.78, 5) is 3.64. The third kappa shape index (κ3) is 3.49. The Morgan fingerprint density at radius 2 is 2.15 bits per heavy atom. The number of nitrogens with zero attached hydrogens (tertiary/aromatic N) is 2. The highest BCUT2D eigenvalue weighted by Crippen LogP contribution is 2.31. The number of imidazole rings is 1. The Kier molecular flexibility index (Phi) is 4.07. The van der Waals surface area contributed by atoms with Gasteiger partial charge in [0.05, 0.1) is 11.9 Å². The van der Waals surface area contributed by atoms with E-state index < -0.39 is 22.0 Å². The summed E-state index contributed by atoms with van der Waals surface area (Å²) >= 11 is 0. The Labute approximate surface area is 114 Å². The largest absolute Gasteiger partial charge is 0.449 e. The van der Waals surface area contributed by atoms with Gasteiger partial charge in [0.15, 0.2) is 0 Å². The summed E-state index contributed by atoms with van der Waals surface area (Å²) in [6, 6.07) is 0. The average molecular weight is 312 g/mol. The van der Waals surface area contributed by atoms with Crippen LogP contribution in [0, 0.1) is 0 Å². The van der Waals surface area contributed by atoms with E-state index in [1.807, 2.05) is 0 Å². The zero-order valence-electron chi connectivity index (χ0n) is 10.8. The molecule has 0 radical (unpaired) electrons. The number of rotatable bonds is 4. The van der Waals surface area contributed by atoms with Gasteiger partial charge in [0.2, 0.25) is 15.8 Å². The number of fused-ring (bicyclic) bond motifs is 1. The van der Waals surface area contributed by atoms with Gasteiger partial charge in [-0.05, 0) is 0 Å². The molecule has 20 heavy (non-hydrogen) atoms. The topological polar surface area (TPSA) is 76.0 Å². The van der Waals surface area contributed by atoms with Gasteiger partial charge in [0, 0.05) is 38.3 Å². The minimum absolute atomic E-state index is 0.0930. The molecule has 1 aromatic heterocycles. The molecule has 6 nitrogen and oxygen atoms in total. The van der Waals surface area contributed by atoms with Crippen molar-refractivity contribution in [3.63, 3.8) is 0 Å². The van der Waals surface area contributed by atoms with Gasteiger partial charge in [-0.3, -0.25) is 0 Å². The van der Waals surface area contributed by atoms with Gasteiger partial charge < -0.3 is 9.88 Å². The zero-order valence-corrected chi connectivity index (χ0v) is 11.6. The smallest absolute Gasteiger partial charge is 0.323 e. The van der Waals surface area contributed by atoms with E-state index >= 15 is 0 Å². The molecule has 1 aliphatic heterocycles. The van der Waals surface area contributed by atoms with Crippen LogP contribution in [-0.2, 0) is 35.7 Å². The molecule has 0 saturated heterocycles. The Balaban J connectivity index is 2.27. The maximum atomic E-state index is 13.0. The summed E-state index contributed by atoms with van der Waals surface area (Å²) in [7, 11) is -3.42. The van der Waals surface area contributed by atoms with Gasteiger partial charge in [0.25, 0.3) is 0 Å². The summed E-state index contributed by atoms with van der Waals surface area (Å²) in [6.07, 6.45) is -3.15. The van der Waals surface area contributed by atoms with Crippen LogP contribution in [0.15, 0.2) is 0 Å². The minimum atomic E-state index is -4.55. The zero-order chi connectivity index (χ0) is 15.0. The van der Waals surface area contributed by atoms with Crippen molar-refractivity contribution in [1.29, 1.82) is 0 Å². The highest BCUT2D eigenvalue weighted by atomic mass is 32.2. The fourth-order valence-electron chi connectivity index (χ4n) is 2.17. The van der Waals surface area contributed by atoms with Crippen molar-refractivity contribution in [2.75, 3.05) is 19.3 Å². The van der Waals surface area contributed by atoms with Gasteiger partial charge in [-0.2, -0.15) is 13.2 Å². The van der Waals surface area contributed by atoms with E-state index in [9.17, 15) is 21.6 Å². The Bertz CT molecular complexity index is 594. The molecule has 0 aliphatic carbocycles. The first-order valence-corrected chi connectivity index (χ1v) is 7.88. The van der Waals surface area contributed by atoms with Crippen LogP contribution in [0.3, 0.4) is 0 Å². The minimum Gasteiger partial charge on any atom is -0.323 e. The van der Waals surface area contributed by atoms with E-state index in [1.54, 1.807) is 0 Å². The normalized spacial score (nSPS) is 16.2. The van der Waals surface area contributed by atoms with Gasteiger partial charge >= 0.3 is 6.18 Å². The number of halogens is 3. The predicted octanol–water partition coefficient (Wildman–Crippen LogP) is 0.0968. The summed E-state index contributed by atoms with van der Waals surface area (Å²) in [5.41, 5.74) is 0.898. The van der Waals surface area contributed by atoms with Gasteiger partial charge in [-0.15, -0.1) is 0 Å². The lowest BCUT2D eigenvalue weighted by Crippen LogP contribution is -2.30. The van der Waals surface area contributed by atoms with Crippen LogP contribution >= 0.6 is 0 Å². The molecular formula is C10H15F3N4O2S. The molecular weight excluding hydrogens is 297 g/mol. The number of alkyl halides is 3. The number of aromatic nitrogens is 2. The molecule has 0 spiro atoms. The van der Waals surface area contributed by atoms with Crippen molar-refractivity contribution in [2.45, 2.75) is 25.7 Å². The summed E-state index contributed by atoms with van der Waals surface area (Å²) in [5.74, 6) is -0.971. The molecule has 0 unspecified atom stereocenters. The molecule has 114 valence electrons. The number of hydrogen-bond acceptors (Lipinski definition) is 4. The quantitative estimate of drug-likeness (QED) is 0.827. The predicted molar refractivity (Wildman–Crippen MR) is 65.5 cm³/mol. The Morgan fingerprint density at radius 1 is 1.45 bits per heavy atom.